The summed E-state index contributed by atoms with van der Waals surface area (Å²) in [7, 11) is 0. The van der Waals surface area contributed by atoms with Gasteiger partial charge in [0.25, 0.3) is 11.8 Å². The second-order valence-electron chi connectivity index (χ2n) is 15.8. The third-order valence-corrected chi connectivity index (χ3v) is 11.4. The maximum absolute atomic E-state index is 13.2. The molecule has 2 saturated heterocycles. The van der Waals surface area contributed by atoms with Crippen LogP contribution in [0.15, 0.2) is 79.6 Å². The van der Waals surface area contributed by atoms with Crippen LogP contribution in [0.3, 0.4) is 0 Å². The standard InChI is InChI=1S/C44H49N15O7/c45-37-25-46-24-34(50-37)35-28-57-12-10-48-41(57)40(51-35)49-29-4-6-31(7-5-29)56-15-13-55(14-16-56)26-30-27-58(54-53-30)17-19-65-21-23-66-22-20-64-18-11-47-33-3-1-2-32-39(33)44(63)59(43(32)62)36-8-9-38(60)52-42(36)61/h1-7,10,12,24-25,27-28,36,47H,8-9,11,13-23,26H2,(H2,45,50)(H,49,51)(H,52,60,61). The fourth-order valence-electron chi connectivity index (χ4n) is 8.07. The van der Waals surface area contributed by atoms with Gasteiger partial charge in [-0.1, -0.05) is 11.3 Å². The van der Waals surface area contributed by atoms with Crippen molar-refractivity contribution in [2.45, 2.75) is 32.0 Å². The van der Waals surface area contributed by atoms with E-state index in [0.29, 0.717) is 87.1 Å². The van der Waals surface area contributed by atoms with Gasteiger partial charge in [-0.05, 0) is 42.8 Å². The summed E-state index contributed by atoms with van der Waals surface area (Å²) >= 11 is 0. The van der Waals surface area contributed by atoms with E-state index in [2.05, 4.69) is 63.1 Å². The monoisotopic (exact) mass is 899 g/mol. The number of benzene rings is 2. The Labute approximate surface area is 378 Å². The summed E-state index contributed by atoms with van der Waals surface area (Å²) in [5, 5.41) is 17.4. The Morgan fingerprint density at radius 3 is 2.41 bits per heavy atom. The van der Waals surface area contributed by atoms with Gasteiger partial charge in [0.1, 0.15) is 23.2 Å². The van der Waals surface area contributed by atoms with Crippen molar-refractivity contribution in [3.63, 3.8) is 0 Å². The molecule has 66 heavy (non-hydrogen) atoms. The van der Waals surface area contributed by atoms with Gasteiger partial charge in [0.05, 0.1) is 75.4 Å². The molecule has 7 heterocycles. The SMILES string of the molecule is Nc1cncc(-c2cn3ccnc3c(Nc3ccc(N4CCN(Cc5cn(CCOCCOCCOCCNc6cccc7c6C(=O)N(C6CCC(=O)NC6=O)C7=O)nn5)CC4)cc3)n2)n1. The highest BCUT2D eigenvalue weighted by Gasteiger charge is 2.45. The summed E-state index contributed by atoms with van der Waals surface area (Å²) in [6, 6.07) is 12.2. The molecule has 0 radical (unpaired) electrons. The zero-order valence-electron chi connectivity index (χ0n) is 36.0. The van der Waals surface area contributed by atoms with Crippen molar-refractivity contribution >= 4 is 58.0 Å². The number of piperazine rings is 1. The lowest BCUT2D eigenvalue weighted by Crippen LogP contribution is -2.54. The van der Waals surface area contributed by atoms with Crippen LogP contribution >= 0.6 is 0 Å². The second-order valence-corrected chi connectivity index (χ2v) is 15.8. The van der Waals surface area contributed by atoms with Gasteiger partial charge in [0, 0.05) is 87.5 Å². The van der Waals surface area contributed by atoms with Crippen LogP contribution in [0.25, 0.3) is 17.0 Å². The fourth-order valence-corrected chi connectivity index (χ4v) is 8.07. The van der Waals surface area contributed by atoms with Gasteiger partial charge >= 0.3 is 0 Å². The Morgan fingerprint density at radius 1 is 0.833 bits per heavy atom. The molecule has 5 N–H and O–H groups in total. The van der Waals surface area contributed by atoms with Crippen molar-refractivity contribution in [2.24, 2.45) is 0 Å². The molecule has 2 aromatic carbocycles. The molecule has 3 aliphatic heterocycles. The van der Waals surface area contributed by atoms with Crippen molar-refractivity contribution in [3.8, 4) is 11.4 Å². The number of amides is 4. The molecule has 4 aromatic heterocycles. The number of nitrogens with two attached hydrogens (primary N) is 1. The predicted molar refractivity (Wildman–Crippen MR) is 240 cm³/mol. The highest BCUT2D eigenvalue weighted by Crippen LogP contribution is 2.32. The first-order valence-corrected chi connectivity index (χ1v) is 21.7. The molecule has 0 saturated carbocycles. The summed E-state index contributed by atoms with van der Waals surface area (Å²) in [4.78, 5) is 73.7. The van der Waals surface area contributed by atoms with E-state index in [1.165, 1.54) is 6.20 Å². The Bertz CT molecular complexity index is 2700. The number of fused-ring (bicyclic) bond motifs is 2. The minimum absolute atomic E-state index is 0.0626. The topological polar surface area (TPSA) is 254 Å². The Hall–Kier alpha value is -7.40. The molecule has 1 atom stereocenters. The first-order chi connectivity index (χ1) is 32.3. The van der Waals surface area contributed by atoms with Gasteiger partial charge in [-0.2, -0.15) is 0 Å². The van der Waals surface area contributed by atoms with E-state index in [4.69, 9.17) is 24.9 Å². The van der Waals surface area contributed by atoms with Gasteiger partial charge in [-0.3, -0.25) is 39.3 Å². The van der Waals surface area contributed by atoms with E-state index in [-0.39, 0.29) is 24.0 Å². The molecule has 3 aliphatic rings. The molecule has 0 bridgehead atoms. The van der Waals surface area contributed by atoms with Crippen LogP contribution in [0.2, 0.25) is 0 Å². The molecule has 4 amide bonds. The molecule has 2 fully saturated rings. The Kier molecular flexibility index (Phi) is 13.4. The summed E-state index contributed by atoms with van der Waals surface area (Å²) in [6.07, 6.45) is 10.7. The van der Waals surface area contributed by atoms with Gasteiger partial charge in [0.2, 0.25) is 11.8 Å². The molecule has 0 aliphatic carbocycles. The van der Waals surface area contributed by atoms with Crippen LogP contribution in [-0.2, 0) is 36.9 Å². The molecule has 342 valence electrons. The molecule has 22 heteroatoms. The van der Waals surface area contributed by atoms with E-state index in [0.717, 1.165) is 54.7 Å². The fraction of sp³-hybridized carbons (Fsp3) is 0.364. The molecule has 22 nitrogen and oxygen atoms in total. The lowest BCUT2D eigenvalue weighted by Gasteiger charge is -2.35. The van der Waals surface area contributed by atoms with Gasteiger partial charge < -0.3 is 39.9 Å². The zero-order valence-corrected chi connectivity index (χ0v) is 36.0. The van der Waals surface area contributed by atoms with Crippen molar-refractivity contribution in [1.82, 2.24) is 54.4 Å². The highest BCUT2D eigenvalue weighted by molar-refractivity contribution is 6.25. The smallest absolute Gasteiger partial charge is 0.264 e. The number of nitrogen functional groups attached to an aromatic ring is 1. The minimum Gasteiger partial charge on any atom is -0.382 e. The number of rotatable bonds is 20. The lowest BCUT2D eigenvalue weighted by molar-refractivity contribution is -0.136. The number of imidazole rings is 1. The number of ether oxygens (including phenoxy) is 3. The van der Waals surface area contributed by atoms with Gasteiger partial charge in [-0.15, -0.1) is 5.10 Å². The Balaban J connectivity index is 0.624. The summed E-state index contributed by atoms with van der Waals surface area (Å²) in [5.41, 5.74) is 11.6. The number of imide groups is 2. The number of carbonyl (C=O) groups is 4. The average Bonchev–Trinajstić information content (AvgIpc) is 4.06. The quantitative estimate of drug-likeness (QED) is 0.0631. The largest absolute Gasteiger partial charge is 0.382 e. The van der Waals surface area contributed by atoms with Gasteiger partial charge in [-0.25, -0.2) is 19.6 Å². The number of piperidine rings is 1. The van der Waals surface area contributed by atoms with Crippen LogP contribution < -0.4 is 26.6 Å². The van der Waals surface area contributed by atoms with Crippen LogP contribution in [0, 0.1) is 0 Å². The number of carbonyl (C=O) groups excluding carboxylic acids is 4. The number of nitrogens with zero attached hydrogens (tertiary/aromatic N) is 11. The van der Waals surface area contributed by atoms with Crippen molar-refractivity contribution in [3.05, 3.63) is 96.5 Å². The Morgan fingerprint density at radius 2 is 1.62 bits per heavy atom. The third kappa shape index (κ3) is 10.1. The minimum atomic E-state index is -1.02. The third-order valence-electron chi connectivity index (χ3n) is 11.4. The van der Waals surface area contributed by atoms with Crippen molar-refractivity contribution in [2.75, 3.05) is 93.6 Å². The van der Waals surface area contributed by atoms with E-state index in [1.54, 1.807) is 35.3 Å². The number of anilines is 5. The second kappa shape index (κ2) is 20.2. The molecular formula is C44H49N15O7. The van der Waals surface area contributed by atoms with E-state index < -0.39 is 29.7 Å². The summed E-state index contributed by atoms with van der Waals surface area (Å²) < 4.78 is 20.7. The number of nitrogens with one attached hydrogen (secondary N) is 3. The number of hydrogen-bond donors (Lipinski definition) is 4. The summed E-state index contributed by atoms with van der Waals surface area (Å²) in [6.45, 7) is 7.65. The maximum Gasteiger partial charge on any atom is 0.264 e. The summed E-state index contributed by atoms with van der Waals surface area (Å²) in [5.74, 6) is -1.25. The van der Waals surface area contributed by atoms with Crippen LogP contribution in [0.5, 0.6) is 0 Å². The molecule has 9 rings (SSSR count). The van der Waals surface area contributed by atoms with Crippen LogP contribution in [0.1, 0.15) is 39.3 Å². The molecule has 6 aromatic rings. The van der Waals surface area contributed by atoms with Crippen molar-refractivity contribution in [1.29, 1.82) is 0 Å². The van der Waals surface area contributed by atoms with Crippen LogP contribution in [0.4, 0.5) is 28.7 Å². The molecule has 0 spiro atoms. The van der Waals surface area contributed by atoms with E-state index in [1.807, 2.05) is 35.1 Å². The van der Waals surface area contributed by atoms with Crippen molar-refractivity contribution < 1.29 is 33.4 Å². The zero-order chi connectivity index (χ0) is 45.4. The van der Waals surface area contributed by atoms with E-state index >= 15 is 0 Å². The average molecular weight is 900 g/mol. The normalized spacial score (nSPS) is 16.6. The first-order valence-electron chi connectivity index (χ1n) is 21.7. The number of aromatic nitrogens is 8. The van der Waals surface area contributed by atoms with Gasteiger partial charge in [0.15, 0.2) is 11.5 Å². The highest BCUT2D eigenvalue weighted by atomic mass is 16.5. The number of hydrogen-bond acceptors (Lipinski definition) is 18. The van der Waals surface area contributed by atoms with Crippen LogP contribution in [-0.4, -0.2) is 151 Å². The lowest BCUT2D eigenvalue weighted by atomic mass is 10.0. The van der Waals surface area contributed by atoms with E-state index in [9.17, 15) is 19.2 Å². The maximum atomic E-state index is 13.2. The predicted octanol–water partition coefficient (Wildman–Crippen LogP) is 1.99. The molecular weight excluding hydrogens is 851 g/mol. The molecule has 1 unspecified atom stereocenters. The first kappa shape index (κ1) is 43.8.